The Balaban J connectivity index is 1.74. The van der Waals surface area contributed by atoms with E-state index in [1.165, 1.54) is 64.2 Å². The summed E-state index contributed by atoms with van der Waals surface area (Å²) >= 11 is 0. The van der Waals surface area contributed by atoms with Gasteiger partial charge in [0.15, 0.2) is 0 Å². The Morgan fingerprint density at radius 1 is 0.525 bits per heavy atom. The first-order valence-electron chi connectivity index (χ1n) is 15.6. The fraction of sp³-hybridized carbons (Fsp3) is 0.588. The van der Waals surface area contributed by atoms with Crippen molar-refractivity contribution in [1.29, 1.82) is 0 Å². The quantitative estimate of drug-likeness (QED) is 0.126. The predicted molar refractivity (Wildman–Crippen MR) is 169 cm³/mol. The van der Waals surface area contributed by atoms with Gasteiger partial charge in [0.05, 0.1) is 13.3 Å². The molecule has 0 heterocycles. The van der Waals surface area contributed by atoms with Gasteiger partial charge in [-0.1, -0.05) is 102 Å². The average molecular weight is 551 g/mol. The maximum atomic E-state index is 12.8. The van der Waals surface area contributed by atoms with E-state index in [2.05, 4.69) is 24.5 Å². The van der Waals surface area contributed by atoms with E-state index in [-0.39, 0.29) is 11.8 Å². The van der Waals surface area contributed by atoms with Crippen molar-refractivity contribution in [2.75, 3.05) is 40.5 Å². The number of amides is 2. The van der Waals surface area contributed by atoms with Gasteiger partial charge in [0, 0.05) is 25.2 Å². The van der Waals surface area contributed by atoms with Gasteiger partial charge in [-0.05, 0) is 61.3 Å². The van der Waals surface area contributed by atoms with Crippen LogP contribution in [-0.2, 0) is 0 Å². The summed E-state index contributed by atoms with van der Waals surface area (Å²) in [5, 5.41) is 6.76. The zero-order valence-electron chi connectivity index (χ0n) is 25.6. The zero-order chi connectivity index (χ0) is 29.0. The predicted octanol–water partition coefficient (Wildman–Crippen LogP) is 7.31. The third-order valence-corrected chi connectivity index (χ3v) is 7.40. The van der Waals surface area contributed by atoms with Crippen molar-refractivity contribution in [3.8, 4) is 11.1 Å². The summed E-state index contributed by atoms with van der Waals surface area (Å²) in [7, 11) is 3.67. The summed E-state index contributed by atoms with van der Waals surface area (Å²) in [6.07, 6.45) is 15.2. The van der Waals surface area contributed by atoms with Crippen LogP contribution in [0.1, 0.15) is 112 Å². The number of rotatable bonds is 21. The molecule has 2 amide bonds. The SMILES string of the molecule is CCCCCCCCNCN(C)C(=O)c1ccc(-c2ccc(C(=O)N(C)CNCCCCCCCC)cc2)cc1. The van der Waals surface area contributed by atoms with Crippen LogP contribution in [0.25, 0.3) is 11.1 Å². The minimum atomic E-state index is 0.0103. The molecule has 6 heteroatoms. The van der Waals surface area contributed by atoms with Crippen LogP contribution in [0.5, 0.6) is 0 Å². The highest BCUT2D eigenvalue weighted by molar-refractivity contribution is 5.95. The number of carbonyl (C=O) groups is 2. The van der Waals surface area contributed by atoms with Gasteiger partial charge < -0.3 is 9.80 Å². The molecule has 2 aromatic rings. The second-order valence-electron chi connectivity index (χ2n) is 11.0. The van der Waals surface area contributed by atoms with Crippen molar-refractivity contribution in [2.45, 2.75) is 90.9 Å². The Morgan fingerprint density at radius 2 is 0.850 bits per heavy atom. The second-order valence-corrected chi connectivity index (χ2v) is 11.0. The first-order chi connectivity index (χ1) is 19.5. The maximum Gasteiger partial charge on any atom is 0.254 e. The fourth-order valence-electron chi connectivity index (χ4n) is 4.75. The minimum Gasteiger partial charge on any atom is -0.329 e. The normalized spacial score (nSPS) is 11.0. The molecule has 0 aliphatic carbocycles. The number of nitrogens with one attached hydrogen (secondary N) is 2. The van der Waals surface area contributed by atoms with Crippen molar-refractivity contribution >= 4 is 11.8 Å². The lowest BCUT2D eigenvalue weighted by atomic mass is 10.0. The summed E-state index contributed by atoms with van der Waals surface area (Å²) in [5.41, 5.74) is 3.39. The molecule has 222 valence electrons. The maximum absolute atomic E-state index is 12.8. The van der Waals surface area contributed by atoms with Gasteiger partial charge in [-0.15, -0.1) is 0 Å². The molecular formula is C34H54N4O2. The molecule has 0 unspecified atom stereocenters. The number of unbranched alkanes of at least 4 members (excludes halogenated alkanes) is 10. The van der Waals surface area contributed by atoms with E-state index < -0.39 is 0 Å². The Bertz CT molecular complexity index is 879. The fourth-order valence-corrected chi connectivity index (χ4v) is 4.75. The van der Waals surface area contributed by atoms with Crippen molar-refractivity contribution in [3.05, 3.63) is 59.7 Å². The Kier molecular flexibility index (Phi) is 16.9. The van der Waals surface area contributed by atoms with Crippen LogP contribution in [0.2, 0.25) is 0 Å². The molecule has 2 aromatic carbocycles. The molecule has 2 N–H and O–H groups in total. The smallest absolute Gasteiger partial charge is 0.254 e. The van der Waals surface area contributed by atoms with Crippen LogP contribution in [0.3, 0.4) is 0 Å². The van der Waals surface area contributed by atoms with Crippen LogP contribution in [0, 0.1) is 0 Å². The van der Waals surface area contributed by atoms with Crippen molar-refractivity contribution in [1.82, 2.24) is 20.4 Å². The van der Waals surface area contributed by atoms with Gasteiger partial charge in [-0.2, -0.15) is 0 Å². The summed E-state index contributed by atoms with van der Waals surface area (Å²) in [6, 6.07) is 15.4. The third kappa shape index (κ3) is 12.6. The first kappa shape index (κ1) is 33.5. The van der Waals surface area contributed by atoms with Crippen LogP contribution in [0.15, 0.2) is 48.5 Å². The van der Waals surface area contributed by atoms with Gasteiger partial charge >= 0.3 is 0 Å². The molecule has 0 saturated carbocycles. The molecule has 0 aliphatic heterocycles. The molecule has 0 bridgehead atoms. The van der Waals surface area contributed by atoms with E-state index in [4.69, 9.17) is 0 Å². The van der Waals surface area contributed by atoms with Crippen LogP contribution in [-0.4, -0.2) is 62.1 Å². The number of benzene rings is 2. The molecule has 0 radical (unpaired) electrons. The Hall–Kier alpha value is -2.70. The van der Waals surface area contributed by atoms with Gasteiger partial charge in [-0.3, -0.25) is 20.2 Å². The van der Waals surface area contributed by atoms with Gasteiger partial charge in [0.25, 0.3) is 11.8 Å². The van der Waals surface area contributed by atoms with E-state index in [9.17, 15) is 9.59 Å². The third-order valence-electron chi connectivity index (χ3n) is 7.40. The first-order valence-corrected chi connectivity index (χ1v) is 15.6. The topological polar surface area (TPSA) is 64.7 Å². The van der Waals surface area contributed by atoms with Crippen LogP contribution < -0.4 is 10.6 Å². The summed E-state index contributed by atoms with van der Waals surface area (Å²) < 4.78 is 0. The van der Waals surface area contributed by atoms with Gasteiger partial charge in [0.2, 0.25) is 0 Å². The van der Waals surface area contributed by atoms with Crippen molar-refractivity contribution in [3.63, 3.8) is 0 Å². The molecule has 0 saturated heterocycles. The molecule has 40 heavy (non-hydrogen) atoms. The number of hydrogen-bond acceptors (Lipinski definition) is 4. The Labute approximate surface area is 243 Å². The largest absolute Gasteiger partial charge is 0.329 e. The molecule has 0 spiro atoms. The highest BCUT2D eigenvalue weighted by Crippen LogP contribution is 2.21. The molecule has 0 aromatic heterocycles. The van der Waals surface area contributed by atoms with Crippen molar-refractivity contribution in [2.24, 2.45) is 0 Å². The van der Waals surface area contributed by atoms with E-state index in [0.29, 0.717) is 24.5 Å². The van der Waals surface area contributed by atoms with Crippen molar-refractivity contribution < 1.29 is 9.59 Å². The van der Waals surface area contributed by atoms with E-state index >= 15 is 0 Å². The molecular weight excluding hydrogens is 496 g/mol. The van der Waals surface area contributed by atoms with Crippen LogP contribution in [0.4, 0.5) is 0 Å². The van der Waals surface area contributed by atoms with Gasteiger partial charge in [0.1, 0.15) is 0 Å². The molecule has 6 nitrogen and oxygen atoms in total. The number of nitrogens with zero attached hydrogens (tertiary/aromatic N) is 2. The lowest BCUT2D eigenvalue weighted by Gasteiger charge is -2.18. The summed E-state index contributed by atoms with van der Waals surface area (Å²) in [6.45, 7) is 7.44. The Morgan fingerprint density at radius 3 is 1.20 bits per heavy atom. The standard InChI is InChI=1S/C34H54N4O2/c1-5-7-9-11-13-15-25-35-27-37(3)33(39)31-21-17-29(18-22-31)30-19-23-32(24-20-30)34(40)38(4)28-36-26-16-14-12-10-8-6-2/h17-24,35-36H,5-16,25-28H2,1-4H3. The van der Waals surface area contributed by atoms with E-state index in [0.717, 1.165) is 37.1 Å². The summed E-state index contributed by atoms with van der Waals surface area (Å²) in [4.78, 5) is 29.1. The molecule has 0 atom stereocenters. The van der Waals surface area contributed by atoms with E-state index in [1.54, 1.807) is 9.80 Å². The highest BCUT2D eigenvalue weighted by atomic mass is 16.2. The monoisotopic (exact) mass is 550 g/mol. The summed E-state index contributed by atoms with van der Waals surface area (Å²) in [5.74, 6) is 0.0205. The molecule has 2 rings (SSSR count). The second kappa shape index (κ2) is 20.2. The van der Waals surface area contributed by atoms with Crippen LogP contribution >= 0.6 is 0 Å². The molecule has 0 aliphatic rings. The minimum absolute atomic E-state index is 0.0103. The van der Waals surface area contributed by atoms with E-state index in [1.807, 2.05) is 62.6 Å². The lowest BCUT2D eigenvalue weighted by molar-refractivity contribution is 0.0776. The van der Waals surface area contributed by atoms with Gasteiger partial charge in [-0.25, -0.2) is 0 Å². The highest BCUT2D eigenvalue weighted by Gasteiger charge is 2.13. The molecule has 0 fully saturated rings. The average Bonchev–Trinajstić information content (AvgIpc) is 2.99. The lowest BCUT2D eigenvalue weighted by Crippen LogP contribution is -2.36. The zero-order valence-corrected chi connectivity index (χ0v) is 25.6. The number of carbonyl (C=O) groups excluding carboxylic acids is 2. The number of hydrogen-bond donors (Lipinski definition) is 2.